The van der Waals surface area contributed by atoms with Crippen LogP contribution in [0.5, 0.6) is 5.88 Å². The lowest BCUT2D eigenvalue weighted by Gasteiger charge is -2.17. The number of rotatable bonds is 7. The van der Waals surface area contributed by atoms with E-state index in [4.69, 9.17) is 9.47 Å². The third kappa shape index (κ3) is 4.05. The molecule has 2 aromatic rings. The molecule has 1 aliphatic heterocycles. The van der Waals surface area contributed by atoms with E-state index in [0.717, 1.165) is 25.1 Å². The summed E-state index contributed by atoms with van der Waals surface area (Å²) in [5.74, 6) is 0.0193. The second kappa shape index (κ2) is 7.52. The number of nitrogens with zero attached hydrogens (tertiary/aromatic N) is 3. The predicted molar refractivity (Wildman–Crippen MR) is 82.6 cm³/mol. The second-order valence-electron chi connectivity index (χ2n) is 5.63. The minimum Gasteiger partial charge on any atom is -0.474 e. The highest BCUT2D eigenvalue weighted by Crippen LogP contribution is 2.33. The van der Waals surface area contributed by atoms with E-state index in [0.29, 0.717) is 19.1 Å². The maximum atomic E-state index is 13.4. The van der Waals surface area contributed by atoms with Gasteiger partial charge in [0.05, 0.1) is 12.3 Å². The van der Waals surface area contributed by atoms with Crippen LogP contribution in [0.25, 0.3) is 0 Å². The Bertz CT molecular complexity index is 634. The van der Waals surface area contributed by atoms with Gasteiger partial charge in [-0.2, -0.15) is 5.10 Å². The molecule has 0 aromatic carbocycles. The Balaban J connectivity index is 1.41. The summed E-state index contributed by atoms with van der Waals surface area (Å²) >= 11 is 0. The van der Waals surface area contributed by atoms with Crippen molar-refractivity contribution >= 4 is 0 Å². The molecule has 3 heterocycles. The smallest absolute Gasteiger partial charge is 0.250 e. The SMILES string of the molecule is Cn1cc([C@H]2OCC[C@@H]2CNCCOc2ncccc2F)cn1. The van der Waals surface area contributed by atoms with Crippen molar-refractivity contribution < 1.29 is 13.9 Å². The quantitative estimate of drug-likeness (QED) is 0.787. The molecule has 0 bridgehead atoms. The summed E-state index contributed by atoms with van der Waals surface area (Å²) in [5, 5.41) is 7.54. The Morgan fingerprint density at radius 1 is 1.52 bits per heavy atom. The monoisotopic (exact) mass is 320 g/mol. The van der Waals surface area contributed by atoms with Crippen LogP contribution >= 0.6 is 0 Å². The Morgan fingerprint density at radius 3 is 3.22 bits per heavy atom. The first-order valence-electron chi connectivity index (χ1n) is 7.78. The zero-order chi connectivity index (χ0) is 16.1. The van der Waals surface area contributed by atoms with Crippen molar-refractivity contribution in [2.24, 2.45) is 13.0 Å². The molecule has 0 radical (unpaired) electrons. The van der Waals surface area contributed by atoms with Gasteiger partial charge >= 0.3 is 0 Å². The fourth-order valence-corrected chi connectivity index (χ4v) is 2.78. The van der Waals surface area contributed by atoms with Gasteiger partial charge in [0.25, 0.3) is 0 Å². The lowest BCUT2D eigenvalue weighted by molar-refractivity contribution is 0.0902. The Kier molecular flexibility index (Phi) is 5.19. The van der Waals surface area contributed by atoms with Crippen LogP contribution in [-0.4, -0.2) is 41.1 Å². The molecule has 1 saturated heterocycles. The lowest BCUT2D eigenvalue weighted by atomic mass is 9.97. The van der Waals surface area contributed by atoms with Gasteiger partial charge < -0.3 is 14.8 Å². The largest absolute Gasteiger partial charge is 0.474 e. The van der Waals surface area contributed by atoms with E-state index in [9.17, 15) is 4.39 Å². The van der Waals surface area contributed by atoms with Crippen LogP contribution in [0.1, 0.15) is 18.1 Å². The zero-order valence-corrected chi connectivity index (χ0v) is 13.1. The fraction of sp³-hybridized carbons (Fsp3) is 0.500. The number of aryl methyl sites for hydroxylation is 1. The molecular formula is C16H21FN4O2. The van der Waals surface area contributed by atoms with E-state index in [1.54, 1.807) is 10.7 Å². The number of hydrogen-bond acceptors (Lipinski definition) is 5. The molecule has 0 aliphatic carbocycles. The molecule has 7 heteroatoms. The minimum atomic E-state index is -0.437. The van der Waals surface area contributed by atoms with Crippen molar-refractivity contribution in [2.75, 3.05) is 26.3 Å². The van der Waals surface area contributed by atoms with E-state index in [1.165, 1.54) is 12.3 Å². The summed E-state index contributed by atoms with van der Waals surface area (Å²) in [6, 6.07) is 2.88. The summed E-state index contributed by atoms with van der Waals surface area (Å²) < 4.78 is 26.3. The molecule has 1 N–H and O–H groups in total. The molecule has 0 unspecified atom stereocenters. The van der Waals surface area contributed by atoms with Crippen molar-refractivity contribution in [1.82, 2.24) is 20.1 Å². The summed E-state index contributed by atoms with van der Waals surface area (Å²) in [6.07, 6.45) is 6.47. The maximum Gasteiger partial charge on any atom is 0.250 e. The van der Waals surface area contributed by atoms with Gasteiger partial charge in [-0.05, 0) is 18.6 Å². The van der Waals surface area contributed by atoms with Crippen LogP contribution in [-0.2, 0) is 11.8 Å². The van der Waals surface area contributed by atoms with Crippen molar-refractivity contribution in [2.45, 2.75) is 12.5 Å². The van der Waals surface area contributed by atoms with Gasteiger partial charge in [0.1, 0.15) is 6.61 Å². The summed E-state index contributed by atoms with van der Waals surface area (Å²) in [5.41, 5.74) is 1.11. The molecule has 1 fully saturated rings. The number of hydrogen-bond donors (Lipinski definition) is 1. The van der Waals surface area contributed by atoms with Crippen LogP contribution in [0.3, 0.4) is 0 Å². The third-order valence-electron chi connectivity index (χ3n) is 3.92. The van der Waals surface area contributed by atoms with Crippen molar-refractivity contribution in [3.63, 3.8) is 0 Å². The predicted octanol–water partition coefficient (Wildman–Crippen LogP) is 1.70. The maximum absolute atomic E-state index is 13.4. The average molecular weight is 320 g/mol. The summed E-state index contributed by atoms with van der Waals surface area (Å²) in [7, 11) is 1.90. The van der Waals surface area contributed by atoms with Crippen LogP contribution in [0, 0.1) is 11.7 Å². The van der Waals surface area contributed by atoms with Crippen molar-refractivity contribution in [1.29, 1.82) is 0 Å². The topological polar surface area (TPSA) is 61.2 Å². The minimum absolute atomic E-state index is 0.0479. The first-order chi connectivity index (χ1) is 11.2. The van der Waals surface area contributed by atoms with E-state index in [2.05, 4.69) is 15.4 Å². The number of ether oxygens (including phenoxy) is 2. The highest BCUT2D eigenvalue weighted by atomic mass is 19.1. The second-order valence-corrected chi connectivity index (χ2v) is 5.63. The number of aromatic nitrogens is 3. The molecule has 0 amide bonds. The Morgan fingerprint density at radius 2 is 2.43 bits per heavy atom. The first-order valence-corrected chi connectivity index (χ1v) is 7.78. The standard InChI is InChI=1S/C16H21FN4O2/c1-21-11-13(10-20-21)15-12(4-7-22-15)9-18-6-8-23-16-14(17)3-2-5-19-16/h2-3,5,10-12,15,18H,4,6-9H2,1H3/t12-,15+/m1/s1. The molecule has 6 nitrogen and oxygen atoms in total. The molecule has 3 rings (SSSR count). The molecule has 124 valence electrons. The summed E-state index contributed by atoms with van der Waals surface area (Å²) in [4.78, 5) is 3.85. The summed E-state index contributed by atoms with van der Waals surface area (Å²) in [6.45, 7) is 2.60. The number of halogens is 1. The fourth-order valence-electron chi connectivity index (χ4n) is 2.78. The van der Waals surface area contributed by atoms with Gasteiger partial charge in [0.15, 0.2) is 5.82 Å². The van der Waals surface area contributed by atoms with E-state index in [-0.39, 0.29) is 12.0 Å². The average Bonchev–Trinajstić information content (AvgIpc) is 3.17. The van der Waals surface area contributed by atoms with Gasteiger partial charge in [-0.3, -0.25) is 4.68 Å². The highest BCUT2D eigenvalue weighted by Gasteiger charge is 2.30. The van der Waals surface area contributed by atoms with E-state index < -0.39 is 5.82 Å². The third-order valence-corrected chi connectivity index (χ3v) is 3.92. The number of nitrogens with one attached hydrogen (secondary N) is 1. The number of pyridine rings is 1. The highest BCUT2D eigenvalue weighted by molar-refractivity contribution is 5.13. The molecule has 0 spiro atoms. The molecule has 1 aliphatic rings. The van der Waals surface area contributed by atoms with Gasteiger partial charge in [0, 0.05) is 50.6 Å². The van der Waals surface area contributed by atoms with Gasteiger partial charge in [-0.25, -0.2) is 9.37 Å². The van der Waals surface area contributed by atoms with E-state index in [1.807, 2.05) is 19.4 Å². The molecular weight excluding hydrogens is 299 g/mol. The zero-order valence-electron chi connectivity index (χ0n) is 13.1. The van der Waals surface area contributed by atoms with Crippen LogP contribution in [0.15, 0.2) is 30.7 Å². The van der Waals surface area contributed by atoms with Gasteiger partial charge in [-0.1, -0.05) is 0 Å². The van der Waals surface area contributed by atoms with Gasteiger partial charge in [-0.15, -0.1) is 0 Å². The normalized spacial score (nSPS) is 20.8. The van der Waals surface area contributed by atoms with E-state index >= 15 is 0 Å². The lowest BCUT2D eigenvalue weighted by Crippen LogP contribution is -2.28. The molecule has 23 heavy (non-hydrogen) atoms. The van der Waals surface area contributed by atoms with Crippen LogP contribution in [0.4, 0.5) is 4.39 Å². The molecule has 2 atom stereocenters. The van der Waals surface area contributed by atoms with Crippen LogP contribution in [0.2, 0.25) is 0 Å². The molecule has 0 saturated carbocycles. The molecule has 2 aromatic heterocycles. The first kappa shape index (κ1) is 15.9. The van der Waals surface area contributed by atoms with Crippen molar-refractivity contribution in [3.8, 4) is 5.88 Å². The Labute approximate surface area is 134 Å². The van der Waals surface area contributed by atoms with Crippen molar-refractivity contribution in [3.05, 3.63) is 42.1 Å². The van der Waals surface area contributed by atoms with Crippen LogP contribution < -0.4 is 10.1 Å². The van der Waals surface area contributed by atoms with Gasteiger partial charge in [0.2, 0.25) is 5.88 Å². The Hall–Kier alpha value is -1.99.